The smallest absolute Gasteiger partial charge is 0.306 e. The number of hydrogen-bond donors (Lipinski definition) is 0. The number of ether oxygens (including phenoxy) is 4. The van der Waals surface area contributed by atoms with E-state index >= 15 is 0 Å². The van der Waals surface area contributed by atoms with Crippen molar-refractivity contribution in [2.24, 2.45) is 0 Å². The first kappa shape index (κ1) is 90.5. The predicted octanol–water partition coefficient (Wildman–Crippen LogP) is 24.9. The number of esters is 2. The fourth-order valence-corrected chi connectivity index (χ4v) is 12.6. The van der Waals surface area contributed by atoms with Crippen LogP contribution in [-0.2, 0) is 33.3 Å². The van der Waals surface area contributed by atoms with E-state index in [0.29, 0.717) is 23.9 Å². The molecule has 0 aliphatic carbocycles. The summed E-state index contributed by atoms with van der Waals surface area (Å²) in [6.45, 7) is 4.82. The van der Waals surface area contributed by atoms with Gasteiger partial charge >= 0.3 is 11.9 Å². The molecule has 0 aliphatic heterocycles. The van der Waals surface area contributed by atoms with E-state index in [1.54, 1.807) is 0 Å². The number of hydrogen-bond acceptors (Lipinski definition) is 8. The van der Waals surface area contributed by atoms with Crippen molar-refractivity contribution in [2.45, 2.75) is 437 Å². The summed E-state index contributed by atoms with van der Waals surface area (Å²) in [5, 5.41) is 11.9. The highest BCUT2D eigenvalue weighted by Crippen LogP contribution is 2.20. The van der Waals surface area contributed by atoms with Crippen molar-refractivity contribution in [3.63, 3.8) is 0 Å². The number of carboxylic acid groups (broad SMARTS) is 1. The molecular weight excluding hydrogens is 1150 g/mol. The third kappa shape index (κ3) is 76.7. The van der Waals surface area contributed by atoms with Crippen LogP contribution in [0.5, 0.6) is 0 Å². The van der Waals surface area contributed by atoms with Crippen LogP contribution >= 0.6 is 0 Å². The molecule has 0 aromatic carbocycles. The van der Waals surface area contributed by atoms with Gasteiger partial charge in [0, 0.05) is 12.8 Å². The van der Waals surface area contributed by atoms with Gasteiger partial charge in [0.05, 0.1) is 40.3 Å². The molecule has 0 heterocycles. The van der Waals surface area contributed by atoms with Crippen LogP contribution in [0.2, 0.25) is 0 Å². The zero-order valence-electron chi connectivity index (χ0n) is 62.9. The van der Waals surface area contributed by atoms with Gasteiger partial charge < -0.3 is 33.3 Å². The van der Waals surface area contributed by atoms with Crippen LogP contribution < -0.4 is 5.11 Å². The molecule has 0 amide bonds. The third-order valence-electron chi connectivity index (χ3n) is 18.9. The van der Waals surface area contributed by atoms with Gasteiger partial charge in [0.2, 0.25) is 0 Å². The number of rotatable bonds is 78. The Labute approximate surface area is 579 Å². The van der Waals surface area contributed by atoms with E-state index in [4.69, 9.17) is 18.9 Å². The maximum absolute atomic E-state index is 13.0. The molecule has 0 N–H and O–H groups in total. The van der Waals surface area contributed by atoms with Crippen LogP contribution in [0.4, 0.5) is 0 Å². The molecule has 2 atom stereocenters. The molecule has 0 aliphatic rings. The van der Waals surface area contributed by atoms with Crippen LogP contribution in [0.25, 0.3) is 0 Å². The monoisotopic (exact) mass is 1310 g/mol. The first-order chi connectivity index (χ1) is 45.6. The second-order valence-electron chi connectivity index (χ2n) is 29.4. The van der Waals surface area contributed by atoms with Gasteiger partial charge in [-0.2, -0.15) is 0 Å². The van der Waals surface area contributed by atoms with E-state index in [1.165, 1.54) is 347 Å². The van der Waals surface area contributed by atoms with Gasteiger partial charge in [-0.3, -0.25) is 9.59 Å². The molecule has 0 rings (SSSR count). The number of likely N-dealkylation sites (N-methyl/N-ethyl adjacent to an activating group) is 1. The van der Waals surface area contributed by atoms with E-state index in [9.17, 15) is 19.5 Å². The standard InChI is InChI=1S/C84H159NO8/c1-6-8-10-12-14-16-18-20-22-24-26-28-30-32-34-36-38-39-40-41-42-43-45-46-48-50-52-54-56-58-60-62-64-66-68-70-72-74-81(86)91-78-80(79-92-84(83(88)89)90-77-76-85(3,4)5)93-82(87)75-73-71-69-67-65-63-61-59-57-55-53-51-49-47-44-37-35-33-31-29-27-25-23-21-19-17-15-13-11-9-7-2/h19,21,25,27,31,33,80,84H,6-18,20,22-24,26,28-30,32,34-79H2,1-5H3/b21-19-,27-25-,33-31-. The maximum Gasteiger partial charge on any atom is 0.306 e. The molecule has 0 saturated carbocycles. The second-order valence-corrected chi connectivity index (χ2v) is 29.4. The minimum Gasteiger partial charge on any atom is -0.545 e. The van der Waals surface area contributed by atoms with Crippen molar-refractivity contribution < 1.29 is 42.9 Å². The van der Waals surface area contributed by atoms with Crippen LogP contribution in [0.3, 0.4) is 0 Å². The highest BCUT2D eigenvalue weighted by atomic mass is 16.7. The molecule has 0 bridgehead atoms. The summed E-state index contributed by atoms with van der Waals surface area (Å²) in [5.74, 6) is -2.25. The van der Waals surface area contributed by atoms with Gasteiger partial charge in [-0.25, -0.2) is 0 Å². The lowest BCUT2D eigenvalue weighted by Gasteiger charge is -2.26. The lowest BCUT2D eigenvalue weighted by molar-refractivity contribution is -0.870. The molecule has 0 aromatic rings. The molecule has 0 spiro atoms. The summed E-state index contributed by atoms with van der Waals surface area (Å²) in [5.41, 5.74) is 0. The van der Waals surface area contributed by atoms with Crippen molar-refractivity contribution in [2.75, 3.05) is 47.5 Å². The lowest BCUT2D eigenvalue weighted by Crippen LogP contribution is -2.44. The van der Waals surface area contributed by atoms with Crippen LogP contribution in [-0.4, -0.2) is 82.3 Å². The summed E-state index contributed by atoms with van der Waals surface area (Å²) in [4.78, 5) is 37.6. The first-order valence-corrected chi connectivity index (χ1v) is 41.1. The van der Waals surface area contributed by atoms with Crippen molar-refractivity contribution in [3.05, 3.63) is 36.5 Å². The molecule has 93 heavy (non-hydrogen) atoms. The summed E-state index contributed by atoms with van der Waals surface area (Å²) in [6.07, 6.45) is 94.3. The van der Waals surface area contributed by atoms with Gasteiger partial charge in [0.1, 0.15) is 13.2 Å². The quantitative estimate of drug-likeness (QED) is 0.0195. The van der Waals surface area contributed by atoms with E-state index in [2.05, 4.69) is 50.3 Å². The molecule has 0 aromatic heterocycles. The largest absolute Gasteiger partial charge is 0.545 e. The Bertz CT molecular complexity index is 1620. The van der Waals surface area contributed by atoms with E-state index in [-0.39, 0.29) is 32.2 Å². The molecule has 548 valence electrons. The van der Waals surface area contributed by atoms with Gasteiger partial charge in [0.15, 0.2) is 12.4 Å². The molecule has 9 nitrogen and oxygen atoms in total. The van der Waals surface area contributed by atoms with Gasteiger partial charge in [-0.15, -0.1) is 0 Å². The average Bonchev–Trinajstić information content (AvgIpc) is 3.38. The Morgan fingerprint density at radius 2 is 0.581 bits per heavy atom. The molecular formula is C84H159NO8. The minimum atomic E-state index is -1.62. The Morgan fingerprint density at radius 3 is 0.860 bits per heavy atom. The Morgan fingerprint density at radius 1 is 0.323 bits per heavy atom. The summed E-state index contributed by atoms with van der Waals surface area (Å²) in [6, 6.07) is 0. The predicted molar refractivity (Wildman–Crippen MR) is 399 cm³/mol. The minimum absolute atomic E-state index is 0.151. The lowest BCUT2D eigenvalue weighted by atomic mass is 10.0. The van der Waals surface area contributed by atoms with Crippen molar-refractivity contribution >= 4 is 17.9 Å². The number of quaternary nitrogens is 1. The molecule has 2 unspecified atom stereocenters. The molecule has 0 radical (unpaired) electrons. The number of carboxylic acids is 1. The maximum atomic E-state index is 13.0. The van der Waals surface area contributed by atoms with Crippen molar-refractivity contribution in [3.8, 4) is 0 Å². The van der Waals surface area contributed by atoms with Crippen molar-refractivity contribution in [1.29, 1.82) is 0 Å². The summed E-state index contributed by atoms with van der Waals surface area (Å²) < 4.78 is 22.9. The Balaban J connectivity index is 3.95. The van der Waals surface area contributed by atoms with Crippen LogP contribution in [0, 0.1) is 0 Å². The van der Waals surface area contributed by atoms with Crippen LogP contribution in [0.1, 0.15) is 425 Å². The second kappa shape index (κ2) is 75.3. The zero-order valence-corrected chi connectivity index (χ0v) is 62.9. The third-order valence-corrected chi connectivity index (χ3v) is 18.9. The van der Waals surface area contributed by atoms with E-state index in [1.807, 2.05) is 21.1 Å². The number of carbonyl (C=O) groups excluding carboxylic acids is 3. The highest BCUT2D eigenvalue weighted by molar-refractivity contribution is 5.70. The van der Waals surface area contributed by atoms with Gasteiger partial charge in [0.25, 0.3) is 0 Å². The van der Waals surface area contributed by atoms with E-state index in [0.717, 1.165) is 44.9 Å². The summed E-state index contributed by atoms with van der Waals surface area (Å²) in [7, 11) is 5.95. The highest BCUT2D eigenvalue weighted by Gasteiger charge is 2.22. The Kier molecular flexibility index (Phi) is 73.3. The fourth-order valence-electron chi connectivity index (χ4n) is 12.6. The average molecular weight is 1310 g/mol. The molecule has 0 saturated heterocycles. The zero-order chi connectivity index (χ0) is 67.5. The van der Waals surface area contributed by atoms with Gasteiger partial charge in [-0.1, -0.05) is 397 Å². The first-order valence-electron chi connectivity index (χ1n) is 41.1. The molecule has 0 fully saturated rings. The van der Waals surface area contributed by atoms with E-state index < -0.39 is 24.3 Å². The number of nitrogens with zero attached hydrogens (tertiary/aromatic N) is 1. The SMILES string of the molecule is CCCCCCC/C=C\C/C=C\C/C=C\CCCCCCCCCCCCCCCCCCC(=O)OC(COC(=O)CCCCCCCCCCCCCCCCCCCCCCCCCCCCCCCCCCCCCCC)COC(OCC[N+](C)(C)C)C(=O)[O-]. The number of allylic oxidation sites excluding steroid dienone is 6. The molecule has 9 heteroatoms. The summed E-state index contributed by atoms with van der Waals surface area (Å²) >= 11 is 0. The van der Waals surface area contributed by atoms with Gasteiger partial charge in [-0.05, 0) is 51.4 Å². The number of carbonyl (C=O) groups is 3. The fraction of sp³-hybridized carbons (Fsp3) is 0.893. The number of aliphatic carboxylic acids is 1. The topological polar surface area (TPSA) is 111 Å². The van der Waals surface area contributed by atoms with Crippen LogP contribution in [0.15, 0.2) is 36.5 Å². The number of unbranched alkanes of at least 4 members (excludes halogenated alkanes) is 57. The Hall–Kier alpha value is -2.49. The van der Waals surface area contributed by atoms with Crippen molar-refractivity contribution in [1.82, 2.24) is 0 Å². The normalized spacial score (nSPS) is 12.7.